The molecule has 0 saturated carbocycles. The van der Waals surface area contributed by atoms with Crippen LogP contribution in [-0.4, -0.2) is 48.5 Å². The SMILES string of the molecule is O=C(c1ccc(F)cc1)N1CCN(c2ccc([N+](=O)[O-])c(N3CCc4ccccc4C3)c2)CC1. The third-order valence-electron chi connectivity index (χ3n) is 6.65. The molecule has 2 heterocycles. The summed E-state index contributed by atoms with van der Waals surface area (Å²) < 4.78 is 13.2. The number of amides is 1. The minimum atomic E-state index is -0.368. The highest BCUT2D eigenvalue weighted by atomic mass is 19.1. The molecule has 1 amide bonds. The number of nitro benzene ring substituents is 1. The van der Waals surface area contributed by atoms with Crippen molar-refractivity contribution in [1.29, 1.82) is 0 Å². The van der Waals surface area contributed by atoms with E-state index in [1.165, 1.54) is 35.4 Å². The van der Waals surface area contributed by atoms with Crippen LogP contribution in [0.3, 0.4) is 0 Å². The first kappa shape index (κ1) is 21.9. The van der Waals surface area contributed by atoms with Gasteiger partial charge in [-0.05, 0) is 53.9 Å². The normalized spacial score (nSPS) is 15.7. The Labute approximate surface area is 197 Å². The van der Waals surface area contributed by atoms with E-state index >= 15 is 0 Å². The van der Waals surface area contributed by atoms with Gasteiger partial charge in [-0.15, -0.1) is 0 Å². The Morgan fingerprint density at radius 3 is 2.26 bits per heavy atom. The third kappa shape index (κ3) is 4.31. The lowest BCUT2D eigenvalue weighted by Crippen LogP contribution is -2.48. The van der Waals surface area contributed by atoms with E-state index in [2.05, 4.69) is 21.9 Å². The zero-order chi connectivity index (χ0) is 23.7. The first-order valence-corrected chi connectivity index (χ1v) is 11.4. The Hall–Kier alpha value is -3.94. The van der Waals surface area contributed by atoms with Crippen LogP contribution in [0.15, 0.2) is 66.7 Å². The molecule has 34 heavy (non-hydrogen) atoms. The van der Waals surface area contributed by atoms with E-state index in [-0.39, 0.29) is 22.3 Å². The molecule has 1 fully saturated rings. The van der Waals surface area contributed by atoms with Crippen molar-refractivity contribution in [2.24, 2.45) is 0 Å². The summed E-state index contributed by atoms with van der Waals surface area (Å²) in [5.41, 5.74) is 4.60. The lowest BCUT2D eigenvalue weighted by molar-refractivity contribution is -0.384. The molecule has 0 spiro atoms. The number of hydrogen-bond donors (Lipinski definition) is 0. The number of halogens is 1. The topological polar surface area (TPSA) is 69.9 Å². The molecular weight excluding hydrogens is 435 g/mol. The lowest BCUT2D eigenvalue weighted by Gasteiger charge is -2.37. The molecule has 0 atom stereocenters. The van der Waals surface area contributed by atoms with Crippen LogP contribution in [0.5, 0.6) is 0 Å². The summed E-state index contributed by atoms with van der Waals surface area (Å²) in [6.45, 7) is 3.65. The van der Waals surface area contributed by atoms with Gasteiger partial charge in [0.15, 0.2) is 0 Å². The standard InChI is InChI=1S/C26H25FN4O3/c27-22-7-5-20(6-8-22)26(32)29-15-13-28(14-16-29)23-9-10-24(31(33)34)25(17-23)30-12-11-19-3-1-2-4-21(19)18-30/h1-10,17H,11-16,18H2. The van der Waals surface area contributed by atoms with Crippen LogP contribution in [0.4, 0.5) is 21.5 Å². The van der Waals surface area contributed by atoms with Gasteiger partial charge in [0.2, 0.25) is 0 Å². The molecule has 1 saturated heterocycles. The van der Waals surface area contributed by atoms with Gasteiger partial charge in [-0.25, -0.2) is 4.39 Å². The molecule has 3 aromatic carbocycles. The zero-order valence-electron chi connectivity index (χ0n) is 18.7. The maximum Gasteiger partial charge on any atom is 0.292 e. The predicted molar refractivity (Wildman–Crippen MR) is 129 cm³/mol. The van der Waals surface area contributed by atoms with Crippen LogP contribution in [0, 0.1) is 15.9 Å². The van der Waals surface area contributed by atoms with Crippen LogP contribution in [-0.2, 0) is 13.0 Å². The number of carbonyl (C=O) groups is 1. The lowest BCUT2D eigenvalue weighted by atomic mass is 9.99. The molecule has 8 heteroatoms. The quantitative estimate of drug-likeness (QED) is 0.430. The maximum absolute atomic E-state index is 13.2. The van der Waals surface area contributed by atoms with Gasteiger partial charge < -0.3 is 14.7 Å². The van der Waals surface area contributed by atoms with Crippen molar-refractivity contribution in [3.63, 3.8) is 0 Å². The van der Waals surface area contributed by atoms with Gasteiger partial charge in [0, 0.05) is 56.6 Å². The summed E-state index contributed by atoms with van der Waals surface area (Å²) in [5.74, 6) is -0.483. The number of piperazine rings is 1. The van der Waals surface area contributed by atoms with Crippen molar-refractivity contribution in [2.45, 2.75) is 13.0 Å². The second-order valence-electron chi connectivity index (χ2n) is 8.66. The minimum Gasteiger partial charge on any atom is -0.368 e. The van der Waals surface area contributed by atoms with Crippen LogP contribution in [0.1, 0.15) is 21.5 Å². The molecule has 0 unspecified atom stereocenters. The fraction of sp³-hybridized carbons (Fsp3) is 0.269. The number of anilines is 2. The molecule has 5 rings (SSSR count). The van der Waals surface area contributed by atoms with Crippen molar-refractivity contribution in [2.75, 3.05) is 42.5 Å². The van der Waals surface area contributed by atoms with Crippen molar-refractivity contribution in [1.82, 2.24) is 4.90 Å². The molecule has 0 aromatic heterocycles. The van der Waals surface area contributed by atoms with Gasteiger partial charge in [-0.2, -0.15) is 0 Å². The molecular formula is C26H25FN4O3. The van der Waals surface area contributed by atoms with E-state index in [4.69, 9.17) is 0 Å². The Morgan fingerprint density at radius 2 is 1.56 bits per heavy atom. The van der Waals surface area contributed by atoms with E-state index in [0.29, 0.717) is 44.0 Å². The average Bonchev–Trinajstić information content (AvgIpc) is 2.88. The van der Waals surface area contributed by atoms with Gasteiger partial charge in [0.05, 0.1) is 4.92 Å². The van der Waals surface area contributed by atoms with Gasteiger partial charge in [-0.3, -0.25) is 14.9 Å². The van der Waals surface area contributed by atoms with Gasteiger partial charge in [0.1, 0.15) is 11.5 Å². The van der Waals surface area contributed by atoms with Gasteiger partial charge >= 0.3 is 0 Å². The Balaban J connectivity index is 1.33. The Bertz CT molecular complexity index is 1220. The molecule has 7 nitrogen and oxygen atoms in total. The highest BCUT2D eigenvalue weighted by Crippen LogP contribution is 2.35. The molecule has 3 aromatic rings. The van der Waals surface area contributed by atoms with E-state index in [0.717, 1.165) is 18.7 Å². The van der Waals surface area contributed by atoms with Crippen LogP contribution < -0.4 is 9.80 Å². The number of nitro groups is 1. The zero-order valence-corrected chi connectivity index (χ0v) is 18.7. The summed E-state index contributed by atoms with van der Waals surface area (Å²) in [7, 11) is 0. The van der Waals surface area contributed by atoms with Crippen LogP contribution in [0.2, 0.25) is 0 Å². The van der Waals surface area contributed by atoms with Crippen LogP contribution >= 0.6 is 0 Å². The largest absolute Gasteiger partial charge is 0.368 e. The predicted octanol–water partition coefficient (Wildman–Crippen LogP) is 4.26. The average molecular weight is 461 g/mol. The van der Waals surface area contributed by atoms with E-state index in [1.807, 2.05) is 18.2 Å². The van der Waals surface area contributed by atoms with Crippen LogP contribution in [0.25, 0.3) is 0 Å². The number of carbonyl (C=O) groups excluding carboxylic acids is 1. The summed E-state index contributed by atoms with van der Waals surface area (Å²) in [6, 6.07) is 19.1. The number of fused-ring (bicyclic) bond motifs is 1. The number of nitrogens with zero attached hydrogens (tertiary/aromatic N) is 4. The van der Waals surface area contributed by atoms with Crippen molar-refractivity contribution < 1.29 is 14.1 Å². The Morgan fingerprint density at radius 1 is 0.853 bits per heavy atom. The molecule has 174 valence electrons. The second-order valence-corrected chi connectivity index (χ2v) is 8.66. The summed E-state index contributed by atoms with van der Waals surface area (Å²) >= 11 is 0. The minimum absolute atomic E-state index is 0.105. The van der Waals surface area contributed by atoms with E-state index < -0.39 is 0 Å². The van der Waals surface area contributed by atoms with Crippen molar-refractivity contribution >= 4 is 23.0 Å². The molecule has 0 N–H and O–H groups in total. The molecule has 2 aliphatic rings. The van der Waals surface area contributed by atoms with Crippen molar-refractivity contribution in [3.8, 4) is 0 Å². The Kier molecular flexibility index (Phi) is 5.88. The molecule has 2 aliphatic heterocycles. The highest BCUT2D eigenvalue weighted by molar-refractivity contribution is 5.94. The third-order valence-corrected chi connectivity index (χ3v) is 6.65. The summed E-state index contributed by atoms with van der Waals surface area (Å²) in [6.07, 6.45) is 0.849. The molecule has 0 radical (unpaired) electrons. The fourth-order valence-corrected chi connectivity index (χ4v) is 4.76. The smallest absolute Gasteiger partial charge is 0.292 e. The highest BCUT2D eigenvalue weighted by Gasteiger charge is 2.27. The summed E-state index contributed by atoms with van der Waals surface area (Å²) in [5, 5.41) is 11.8. The monoisotopic (exact) mass is 460 g/mol. The van der Waals surface area contributed by atoms with Crippen molar-refractivity contribution in [3.05, 3.63) is 99.4 Å². The molecule has 0 bridgehead atoms. The number of benzene rings is 3. The fourth-order valence-electron chi connectivity index (χ4n) is 4.76. The summed E-state index contributed by atoms with van der Waals surface area (Å²) in [4.78, 5) is 30.2. The first-order chi connectivity index (χ1) is 16.5. The first-order valence-electron chi connectivity index (χ1n) is 11.4. The number of rotatable bonds is 4. The number of hydrogen-bond acceptors (Lipinski definition) is 5. The van der Waals surface area contributed by atoms with E-state index in [1.54, 1.807) is 17.0 Å². The van der Waals surface area contributed by atoms with Gasteiger partial charge in [-0.1, -0.05) is 24.3 Å². The molecule has 0 aliphatic carbocycles. The van der Waals surface area contributed by atoms with Gasteiger partial charge in [0.25, 0.3) is 11.6 Å². The van der Waals surface area contributed by atoms with E-state index in [9.17, 15) is 19.3 Å². The maximum atomic E-state index is 13.2. The second kappa shape index (κ2) is 9.13.